The number of H-pyrrole nitrogens is 1. The molecule has 28 heavy (non-hydrogen) atoms. The number of nitrogens with zero attached hydrogens (tertiary/aromatic N) is 3. The number of imidazole rings is 1. The number of nitrogens with two attached hydrogens (primary N) is 1. The summed E-state index contributed by atoms with van der Waals surface area (Å²) in [4.78, 5) is 22.8. The van der Waals surface area contributed by atoms with Gasteiger partial charge in [0.1, 0.15) is 6.23 Å². The molecular weight excluding hydrogens is 354 g/mol. The highest BCUT2D eigenvalue weighted by atomic mass is 16.5. The van der Waals surface area contributed by atoms with Gasteiger partial charge in [-0.3, -0.25) is 14.3 Å². The molecule has 3 heterocycles. The molecule has 0 amide bonds. The lowest BCUT2D eigenvalue weighted by atomic mass is 10.1. The van der Waals surface area contributed by atoms with Crippen LogP contribution in [0.2, 0.25) is 0 Å². The molecule has 142 valence electrons. The van der Waals surface area contributed by atoms with Crippen molar-refractivity contribution in [3.8, 4) is 0 Å². The summed E-state index contributed by atoms with van der Waals surface area (Å²) in [5.74, 6) is 0.0674. The molecule has 2 atom stereocenters. The van der Waals surface area contributed by atoms with Crippen molar-refractivity contribution in [3.05, 3.63) is 89.1 Å². The summed E-state index contributed by atoms with van der Waals surface area (Å²) in [5, 5.41) is 0. The van der Waals surface area contributed by atoms with Gasteiger partial charge in [0, 0.05) is 0 Å². The van der Waals surface area contributed by atoms with E-state index in [1.54, 1.807) is 10.9 Å². The second kappa shape index (κ2) is 8.06. The predicted molar refractivity (Wildman–Crippen MR) is 109 cm³/mol. The van der Waals surface area contributed by atoms with Crippen LogP contribution in [0.1, 0.15) is 19.1 Å². The zero-order valence-electron chi connectivity index (χ0n) is 15.2. The number of fused-ring (bicyclic) bond motifs is 1. The predicted octanol–water partition coefficient (Wildman–Crippen LogP) is 3.10. The van der Waals surface area contributed by atoms with Crippen molar-refractivity contribution in [2.24, 2.45) is 0 Å². The first kappa shape index (κ1) is 17.9. The Balaban J connectivity index is 1.59. The molecule has 0 radical (unpaired) electrons. The van der Waals surface area contributed by atoms with Crippen LogP contribution in [0.25, 0.3) is 11.2 Å². The molecule has 2 aliphatic rings. The normalized spacial score (nSPS) is 29.9. The fourth-order valence-corrected chi connectivity index (χ4v) is 3.28. The Kier molecular flexibility index (Phi) is 5.16. The zero-order valence-corrected chi connectivity index (χ0v) is 15.2. The maximum atomic E-state index is 12.0. The van der Waals surface area contributed by atoms with Gasteiger partial charge in [0.25, 0.3) is 5.56 Å². The Morgan fingerprint density at radius 3 is 2.54 bits per heavy atom. The third-order valence-electron chi connectivity index (χ3n) is 4.60. The van der Waals surface area contributed by atoms with Crippen molar-refractivity contribution in [1.29, 1.82) is 0 Å². The zero-order chi connectivity index (χ0) is 19.3. The van der Waals surface area contributed by atoms with Crippen LogP contribution in [-0.4, -0.2) is 25.6 Å². The average Bonchev–Trinajstić information content (AvgIpc) is 3.29. The number of nitrogen functional groups attached to an aromatic ring is 1. The number of hydrogen-bond donors (Lipinski definition) is 2. The topological polar surface area (TPSA) is 98.8 Å². The van der Waals surface area contributed by atoms with E-state index in [1.807, 2.05) is 54.7 Å². The highest BCUT2D eigenvalue weighted by Gasteiger charge is 2.29. The maximum Gasteiger partial charge on any atom is 0.280 e. The second-order valence-electron chi connectivity index (χ2n) is 6.50. The Bertz CT molecular complexity index is 1100. The maximum absolute atomic E-state index is 12.0. The summed E-state index contributed by atoms with van der Waals surface area (Å²) < 4.78 is 8.06. The Morgan fingerprint density at radius 1 is 1.04 bits per heavy atom. The molecule has 4 rings (SSSR count). The minimum Gasteiger partial charge on any atom is -0.369 e. The van der Waals surface area contributed by atoms with Gasteiger partial charge in [-0.15, -0.1) is 0 Å². The summed E-state index contributed by atoms with van der Waals surface area (Å²) in [5.41, 5.74) is 7.12. The van der Waals surface area contributed by atoms with Crippen LogP contribution >= 0.6 is 0 Å². The lowest BCUT2D eigenvalue weighted by Gasteiger charge is -2.16. The number of aromatic amines is 1. The largest absolute Gasteiger partial charge is 0.369 e. The van der Waals surface area contributed by atoms with Gasteiger partial charge in [-0.1, -0.05) is 66.8 Å². The molecule has 2 aromatic rings. The Labute approximate surface area is 161 Å². The van der Waals surface area contributed by atoms with Crippen molar-refractivity contribution in [2.75, 3.05) is 5.73 Å². The Hall–Kier alpha value is -3.45. The molecule has 1 aliphatic heterocycles. The molecule has 1 fully saturated rings. The molecule has 0 aromatic carbocycles. The summed E-state index contributed by atoms with van der Waals surface area (Å²) in [6.07, 6.45) is 24.9. The average molecular weight is 375 g/mol. The summed E-state index contributed by atoms with van der Waals surface area (Å²) >= 11 is 0. The first-order chi connectivity index (χ1) is 13.7. The van der Waals surface area contributed by atoms with Crippen LogP contribution in [0.5, 0.6) is 0 Å². The van der Waals surface area contributed by atoms with E-state index >= 15 is 0 Å². The lowest BCUT2D eigenvalue weighted by molar-refractivity contribution is 0.0223. The molecule has 0 unspecified atom stereocenters. The van der Waals surface area contributed by atoms with E-state index in [9.17, 15) is 4.79 Å². The van der Waals surface area contributed by atoms with E-state index in [4.69, 9.17) is 10.5 Å². The highest BCUT2D eigenvalue weighted by molar-refractivity contribution is 5.70. The van der Waals surface area contributed by atoms with Gasteiger partial charge >= 0.3 is 0 Å². The fraction of sp³-hybridized carbons (Fsp3) is 0.190. The van der Waals surface area contributed by atoms with E-state index in [-0.39, 0.29) is 29.4 Å². The third kappa shape index (κ3) is 3.79. The minimum absolute atomic E-state index is 0.0569. The van der Waals surface area contributed by atoms with Gasteiger partial charge in [-0.25, -0.2) is 4.98 Å². The van der Waals surface area contributed by atoms with E-state index in [2.05, 4.69) is 27.1 Å². The van der Waals surface area contributed by atoms with E-state index < -0.39 is 0 Å². The number of aromatic nitrogens is 4. The molecule has 0 spiro atoms. The number of allylic oxidation sites excluding steroid dienone is 10. The Morgan fingerprint density at radius 2 is 1.75 bits per heavy atom. The molecular formula is C21H21N5O2. The van der Waals surface area contributed by atoms with Gasteiger partial charge in [-0.2, -0.15) is 4.98 Å². The number of rotatable bonds is 2. The summed E-state index contributed by atoms with van der Waals surface area (Å²) in [6, 6.07) is 0. The highest BCUT2D eigenvalue weighted by Crippen LogP contribution is 2.33. The van der Waals surface area contributed by atoms with Crippen LogP contribution in [0.15, 0.2) is 83.5 Å². The lowest BCUT2D eigenvalue weighted by Crippen LogP contribution is -2.15. The van der Waals surface area contributed by atoms with Gasteiger partial charge in [0.15, 0.2) is 11.2 Å². The van der Waals surface area contributed by atoms with Crippen LogP contribution in [0.3, 0.4) is 0 Å². The molecule has 3 N–H and O–H groups in total. The van der Waals surface area contributed by atoms with Crippen LogP contribution in [0.4, 0.5) is 5.95 Å². The molecule has 0 saturated carbocycles. The number of ether oxygens (including phenoxy) is 1. The molecule has 7 heteroatoms. The van der Waals surface area contributed by atoms with Gasteiger partial charge in [0.2, 0.25) is 5.95 Å². The van der Waals surface area contributed by atoms with Gasteiger partial charge in [-0.05, 0) is 18.4 Å². The monoisotopic (exact) mass is 375 g/mol. The molecule has 1 saturated heterocycles. The van der Waals surface area contributed by atoms with Gasteiger partial charge < -0.3 is 10.5 Å². The molecule has 0 bridgehead atoms. The fourth-order valence-electron chi connectivity index (χ4n) is 3.28. The van der Waals surface area contributed by atoms with Gasteiger partial charge in [0.05, 0.1) is 12.4 Å². The van der Waals surface area contributed by atoms with E-state index in [0.29, 0.717) is 5.65 Å². The SMILES string of the molecule is Nc1nc2c(ncn2[C@H]2CC[C@@H](C3=C/C=C\C=C/C=C\C=C/C=C\3)O2)c(=O)[nH]1. The molecule has 1 aliphatic carbocycles. The van der Waals surface area contributed by atoms with Crippen molar-refractivity contribution in [3.63, 3.8) is 0 Å². The number of hydrogen-bond acceptors (Lipinski definition) is 5. The number of nitrogens with one attached hydrogen (secondary N) is 1. The third-order valence-corrected chi connectivity index (χ3v) is 4.60. The summed E-state index contributed by atoms with van der Waals surface area (Å²) in [6.45, 7) is 0. The summed E-state index contributed by atoms with van der Waals surface area (Å²) in [7, 11) is 0. The second-order valence-corrected chi connectivity index (χ2v) is 6.50. The number of anilines is 1. The molecule has 2 aromatic heterocycles. The van der Waals surface area contributed by atoms with Crippen molar-refractivity contribution < 1.29 is 4.74 Å². The first-order valence-corrected chi connectivity index (χ1v) is 9.15. The van der Waals surface area contributed by atoms with Crippen LogP contribution in [0, 0.1) is 0 Å². The smallest absolute Gasteiger partial charge is 0.280 e. The quantitative estimate of drug-likeness (QED) is 0.840. The van der Waals surface area contributed by atoms with Crippen molar-refractivity contribution in [2.45, 2.75) is 25.2 Å². The van der Waals surface area contributed by atoms with Crippen molar-refractivity contribution >= 4 is 17.1 Å². The van der Waals surface area contributed by atoms with E-state index in [1.165, 1.54) is 0 Å². The first-order valence-electron chi connectivity index (χ1n) is 9.15. The van der Waals surface area contributed by atoms with Crippen LogP contribution < -0.4 is 11.3 Å². The molecule has 7 nitrogen and oxygen atoms in total. The minimum atomic E-state index is -0.347. The van der Waals surface area contributed by atoms with Crippen molar-refractivity contribution in [1.82, 2.24) is 19.5 Å². The standard InChI is InChI=1S/C21H21N5O2/c22-21-24-19-18(20(27)25-21)23-14-26(19)17-13-12-16(28-17)15-10-8-6-4-2-1-3-5-7-9-11-15/h1-11,14,16-17H,12-13H2,(H3,22,24,25,27)/b2-1-,3-1?,4-2?,5-3-,6-4-,7-5?,8-6?,9-7-,10-8-,11-9?,15-10?,15-11+/t16-,17+/m0/s1. The van der Waals surface area contributed by atoms with E-state index in [0.717, 1.165) is 18.4 Å². The van der Waals surface area contributed by atoms with Crippen LogP contribution in [-0.2, 0) is 4.74 Å².